The molecule has 2 heterocycles. The molecule has 5 fully saturated rings. The molecule has 7 rings (SSSR count). The van der Waals surface area contributed by atoms with E-state index in [4.69, 9.17) is 4.42 Å². The Morgan fingerprint density at radius 2 is 1.75 bits per heavy atom. The van der Waals surface area contributed by atoms with Crippen molar-refractivity contribution in [2.24, 2.45) is 17.8 Å². The van der Waals surface area contributed by atoms with Crippen LogP contribution in [-0.4, -0.2) is 23.9 Å². The predicted molar refractivity (Wildman–Crippen MR) is 140 cm³/mol. The highest BCUT2D eigenvalue weighted by molar-refractivity contribution is 6.02. The van der Waals surface area contributed by atoms with Crippen LogP contribution in [-0.2, 0) is 9.59 Å². The Balaban J connectivity index is 0.941. The van der Waals surface area contributed by atoms with Crippen molar-refractivity contribution in [1.29, 1.82) is 0 Å². The fourth-order valence-corrected chi connectivity index (χ4v) is 7.92. The second-order valence-electron chi connectivity index (χ2n) is 12.0. The lowest BCUT2D eigenvalue weighted by Gasteiger charge is -2.57. The third-order valence-corrected chi connectivity index (χ3v) is 9.22. The normalized spacial score (nSPS) is 30.9. The second-order valence-corrected chi connectivity index (χ2v) is 12.0. The Morgan fingerprint density at radius 3 is 2.50 bits per heavy atom. The summed E-state index contributed by atoms with van der Waals surface area (Å²) in [5.74, 6) is 8.89. The quantitative estimate of drug-likeness (QED) is 0.280. The topological polar surface area (TPSA) is 71.3 Å². The van der Waals surface area contributed by atoms with Crippen LogP contribution < -0.4 is 10.6 Å². The zero-order chi connectivity index (χ0) is 24.5. The SMILES string of the molecule is O=C1CCC(c2coc3ccc(C#CCCCCCCNC45CC6CC(CC(C6)C4)C5)cc23)C(=O)N1. The Kier molecular flexibility index (Phi) is 6.65. The number of hydrogen-bond donors (Lipinski definition) is 2. The monoisotopic (exact) mass is 486 g/mol. The molecule has 2 N–H and O–H groups in total. The first-order chi connectivity index (χ1) is 17.6. The number of rotatable bonds is 8. The molecule has 1 saturated heterocycles. The number of carbonyl (C=O) groups excluding carboxylic acids is 2. The minimum Gasteiger partial charge on any atom is -0.464 e. The van der Waals surface area contributed by atoms with Gasteiger partial charge in [0.2, 0.25) is 11.8 Å². The highest BCUT2D eigenvalue weighted by atomic mass is 16.3. The lowest BCUT2D eigenvalue weighted by Crippen LogP contribution is -2.58. The first kappa shape index (κ1) is 23.8. The maximum absolute atomic E-state index is 12.3. The summed E-state index contributed by atoms with van der Waals surface area (Å²) in [5, 5.41) is 7.38. The molecule has 4 bridgehead atoms. The standard InChI is InChI=1S/C31H38N2O3/c34-29-11-9-25(30(35)33-29)27-20-36-28-10-8-21(16-26(27)28)7-5-3-1-2-4-6-12-32-31-17-22-13-23(18-31)15-24(14-22)19-31/h8,10,16,20,22-25,32H,1-4,6,9,11-15,17-19H2,(H,33,34,35). The molecule has 1 atom stereocenters. The number of amides is 2. The fourth-order valence-electron chi connectivity index (χ4n) is 7.92. The molecule has 4 saturated carbocycles. The van der Waals surface area contributed by atoms with Gasteiger partial charge in [0.1, 0.15) is 5.58 Å². The average molecular weight is 487 g/mol. The number of nitrogens with one attached hydrogen (secondary N) is 2. The van der Waals surface area contributed by atoms with Gasteiger partial charge < -0.3 is 9.73 Å². The van der Waals surface area contributed by atoms with E-state index in [1.165, 1.54) is 64.3 Å². The molecule has 190 valence electrons. The summed E-state index contributed by atoms with van der Waals surface area (Å²) < 4.78 is 5.67. The van der Waals surface area contributed by atoms with E-state index < -0.39 is 0 Å². The molecule has 1 aliphatic heterocycles. The van der Waals surface area contributed by atoms with Crippen LogP contribution in [0, 0.1) is 29.6 Å². The van der Waals surface area contributed by atoms with E-state index in [0.29, 0.717) is 18.4 Å². The van der Waals surface area contributed by atoms with Crippen LogP contribution in [0.25, 0.3) is 11.0 Å². The van der Waals surface area contributed by atoms with Gasteiger partial charge in [-0.15, -0.1) is 0 Å². The molecule has 4 aliphatic carbocycles. The van der Waals surface area contributed by atoms with Crippen molar-refractivity contribution < 1.29 is 14.0 Å². The van der Waals surface area contributed by atoms with Crippen LogP contribution in [0.5, 0.6) is 0 Å². The van der Waals surface area contributed by atoms with Gasteiger partial charge in [-0.05, 0) is 100 Å². The summed E-state index contributed by atoms with van der Waals surface area (Å²) in [4.78, 5) is 23.8. The molecule has 5 nitrogen and oxygen atoms in total. The van der Waals surface area contributed by atoms with Crippen LogP contribution in [0.1, 0.15) is 101 Å². The van der Waals surface area contributed by atoms with Gasteiger partial charge in [0.05, 0.1) is 12.2 Å². The van der Waals surface area contributed by atoms with Gasteiger partial charge in [-0.2, -0.15) is 0 Å². The lowest BCUT2D eigenvalue weighted by molar-refractivity contribution is -0.134. The predicted octanol–water partition coefficient (Wildman–Crippen LogP) is 5.81. The molecular weight excluding hydrogens is 448 g/mol. The van der Waals surface area contributed by atoms with Gasteiger partial charge in [0.15, 0.2) is 0 Å². The maximum atomic E-state index is 12.3. The summed E-state index contributed by atoms with van der Waals surface area (Å²) in [6.45, 7) is 1.18. The fraction of sp³-hybridized carbons (Fsp3) is 0.613. The van der Waals surface area contributed by atoms with E-state index in [9.17, 15) is 9.59 Å². The summed E-state index contributed by atoms with van der Waals surface area (Å²) >= 11 is 0. The molecule has 0 radical (unpaired) electrons. The van der Waals surface area contributed by atoms with Crippen molar-refractivity contribution >= 4 is 22.8 Å². The average Bonchev–Trinajstić information content (AvgIpc) is 3.25. The highest BCUT2D eigenvalue weighted by Crippen LogP contribution is 2.55. The number of furan rings is 1. The van der Waals surface area contributed by atoms with Gasteiger partial charge in [0.25, 0.3) is 0 Å². The summed E-state index contributed by atoms with van der Waals surface area (Å²) in [6.07, 6.45) is 17.2. The largest absolute Gasteiger partial charge is 0.464 e. The number of imide groups is 1. The first-order valence-corrected chi connectivity index (χ1v) is 14.2. The number of piperidine rings is 1. The number of benzene rings is 1. The minimum absolute atomic E-state index is 0.200. The lowest BCUT2D eigenvalue weighted by atomic mass is 9.53. The smallest absolute Gasteiger partial charge is 0.234 e. The molecule has 5 aliphatic rings. The van der Waals surface area contributed by atoms with Crippen molar-refractivity contribution in [1.82, 2.24) is 10.6 Å². The third-order valence-electron chi connectivity index (χ3n) is 9.22. The van der Waals surface area contributed by atoms with E-state index in [1.54, 1.807) is 6.26 Å². The van der Waals surface area contributed by atoms with Gasteiger partial charge in [-0.1, -0.05) is 24.7 Å². The van der Waals surface area contributed by atoms with Gasteiger partial charge in [-0.25, -0.2) is 0 Å². The zero-order valence-electron chi connectivity index (χ0n) is 21.2. The molecule has 5 heteroatoms. The number of hydrogen-bond acceptors (Lipinski definition) is 4. The van der Waals surface area contributed by atoms with Gasteiger partial charge >= 0.3 is 0 Å². The van der Waals surface area contributed by atoms with E-state index in [-0.39, 0.29) is 17.7 Å². The van der Waals surface area contributed by atoms with Gasteiger partial charge in [0, 0.05) is 34.9 Å². The molecule has 2 aromatic rings. The molecule has 2 amide bonds. The van der Waals surface area contributed by atoms with Crippen molar-refractivity contribution in [2.75, 3.05) is 6.54 Å². The molecule has 1 aromatic heterocycles. The van der Waals surface area contributed by atoms with Crippen molar-refractivity contribution in [2.45, 2.75) is 94.9 Å². The highest BCUT2D eigenvalue weighted by Gasteiger charge is 2.50. The molecule has 0 spiro atoms. The zero-order valence-corrected chi connectivity index (χ0v) is 21.2. The van der Waals surface area contributed by atoms with E-state index in [1.807, 2.05) is 18.2 Å². The van der Waals surface area contributed by atoms with Gasteiger partial charge in [-0.3, -0.25) is 14.9 Å². The van der Waals surface area contributed by atoms with E-state index in [0.717, 1.165) is 52.7 Å². The molecule has 1 aromatic carbocycles. The Labute approximate surface area is 214 Å². The van der Waals surface area contributed by atoms with Crippen LogP contribution in [0.2, 0.25) is 0 Å². The van der Waals surface area contributed by atoms with E-state index >= 15 is 0 Å². The minimum atomic E-state index is -0.343. The molecule has 1 unspecified atom stereocenters. The van der Waals surface area contributed by atoms with Crippen LogP contribution >= 0.6 is 0 Å². The summed E-state index contributed by atoms with van der Waals surface area (Å²) in [6, 6.07) is 5.91. The van der Waals surface area contributed by atoms with E-state index in [2.05, 4.69) is 22.5 Å². The van der Waals surface area contributed by atoms with Crippen molar-refractivity contribution in [3.05, 3.63) is 35.6 Å². The Morgan fingerprint density at radius 1 is 1.00 bits per heavy atom. The first-order valence-electron chi connectivity index (χ1n) is 14.2. The third kappa shape index (κ3) is 4.98. The van der Waals surface area contributed by atoms with Crippen molar-refractivity contribution in [3.63, 3.8) is 0 Å². The number of unbranched alkanes of at least 4 members (excludes halogenated alkanes) is 4. The Bertz CT molecular complexity index is 1160. The summed E-state index contributed by atoms with van der Waals surface area (Å²) in [5.41, 5.74) is 3.04. The Hall–Kier alpha value is -2.58. The maximum Gasteiger partial charge on any atom is 0.234 e. The second kappa shape index (κ2) is 10.1. The molecular formula is C31H38N2O3. The van der Waals surface area contributed by atoms with Crippen LogP contribution in [0.15, 0.2) is 28.9 Å². The number of carbonyl (C=O) groups is 2. The van der Waals surface area contributed by atoms with Crippen LogP contribution in [0.4, 0.5) is 0 Å². The van der Waals surface area contributed by atoms with Crippen molar-refractivity contribution in [3.8, 4) is 11.8 Å². The van der Waals surface area contributed by atoms with Crippen LogP contribution in [0.3, 0.4) is 0 Å². The molecule has 36 heavy (non-hydrogen) atoms. The number of fused-ring (bicyclic) bond motifs is 1. The summed E-state index contributed by atoms with van der Waals surface area (Å²) in [7, 11) is 0.